The zero-order valence-electron chi connectivity index (χ0n) is 12.5. The van der Waals surface area contributed by atoms with Gasteiger partial charge in [-0.05, 0) is 17.2 Å². The van der Waals surface area contributed by atoms with Gasteiger partial charge in [0.15, 0.2) is 0 Å². The lowest BCUT2D eigenvalue weighted by atomic mass is 10.0. The minimum absolute atomic E-state index is 0.100. The molecule has 8 heteroatoms. The van der Waals surface area contributed by atoms with E-state index in [2.05, 4.69) is 15.3 Å². The summed E-state index contributed by atoms with van der Waals surface area (Å²) < 4.78 is 0. The largest absolute Gasteiger partial charge is 0.365 e. The third-order valence-corrected chi connectivity index (χ3v) is 3.88. The third kappa shape index (κ3) is 4.37. The molecule has 2 rings (SSSR count). The molecule has 0 saturated heterocycles. The van der Waals surface area contributed by atoms with Crippen LogP contribution in [0, 0.1) is 0 Å². The molecule has 0 aliphatic carbocycles. The zero-order chi connectivity index (χ0) is 17.0. The molecule has 0 saturated carbocycles. The lowest BCUT2D eigenvalue weighted by Gasteiger charge is -2.15. The quantitative estimate of drug-likeness (QED) is 0.498. The molecule has 120 valence electrons. The standard InChI is InChI=1S/C15H14Cl2N4OS/c1-21(2)14(22)12(23)10-6-4-3-5-9(10)7-18-13-11(16)8-19-15(17)20-13/h3-6,8H,7H2,1-2H3,(H,18,19,20). The van der Waals surface area contributed by atoms with E-state index < -0.39 is 0 Å². The van der Waals surface area contributed by atoms with Crippen LogP contribution >= 0.6 is 35.4 Å². The van der Waals surface area contributed by atoms with Crippen LogP contribution in [0.5, 0.6) is 0 Å². The van der Waals surface area contributed by atoms with Gasteiger partial charge in [0.2, 0.25) is 5.28 Å². The van der Waals surface area contributed by atoms with Crippen molar-refractivity contribution >= 4 is 52.0 Å². The first kappa shape index (κ1) is 17.6. The molecule has 1 aromatic heterocycles. The molecule has 1 N–H and O–H groups in total. The van der Waals surface area contributed by atoms with Crippen LogP contribution in [0.2, 0.25) is 10.3 Å². The highest BCUT2D eigenvalue weighted by molar-refractivity contribution is 7.82. The summed E-state index contributed by atoms with van der Waals surface area (Å²) in [5.74, 6) is 0.210. The number of hydrogen-bond acceptors (Lipinski definition) is 5. The number of carbonyl (C=O) groups is 1. The number of nitrogens with zero attached hydrogens (tertiary/aromatic N) is 3. The number of thiocarbonyl (C=S) groups is 1. The second-order valence-corrected chi connectivity index (χ2v) is 6.03. The van der Waals surface area contributed by atoms with Crippen LogP contribution in [0.3, 0.4) is 0 Å². The Hall–Kier alpha value is -1.76. The Bertz CT molecular complexity index is 752. The Morgan fingerprint density at radius 1 is 1.30 bits per heavy atom. The third-order valence-electron chi connectivity index (χ3n) is 3.02. The fraction of sp³-hybridized carbons (Fsp3) is 0.200. The smallest absolute Gasteiger partial charge is 0.264 e. The van der Waals surface area contributed by atoms with E-state index in [1.54, 1.807) is 14.1 Å². The number of carbonyl (C=O) groups excluding carboxylic acids is 1. The van der Waals surface area contributed by atoms with Crippen molar-refractivity contribution in [3.63, 3.8) is 0 Å². The number of rotatable bonds is 5. The SMILES string of the molecule is CN(C)C(=O)C(=S)c1ccccc1CNc1nc(Cl)ncc1Cl. The fourth-order valence-electron chi connectivity index (χ4n) is 1.86. The van der Waals surface area contributed by atoms with Gasteiger partial charge in [-0.1, -0.05) is 48.1 Å². The summed E-state index contributed by atoms with van der Waals surface area (Å²) in [6, 6.07) is 7.41. The molecular formula is C15H14Cl2N4OS. The van der Waals surface area contributed by atoms with Crippen molar-refractivity contribution in [1.29, 1.82) is 0 Å². The van der Waals surface area contributed by atoms with Gasteiger partial charge in [0.1, 0.15) is 15.7 Å². The van der Waals surface area contributed by atoms with Crippen LogP contribution in [0.1, 0.15) is 11.1 Å². The highest BCUT2D eigenvalue weighted by atomic mass is 35.5. The predicted molar refractivity (Wildman–Crippen MR) is 96.2 cm³/mol. The molecule has 23 heavy (non-hydrogen) atoms. The van der Waals surface area contributed by atoms with Gasteiger partial charge >= 0.3 is 0 Å². The summed E-state index contributed by atoms with van der Waals surface area (Å²) in [4.78, 5) is 21.6. The molecule has 0 spiro atoms. The summed E-state index contributed by atoms with van der Waals surface area (Å²) in [5.41, 5.74) is 1.56. The molecule has 0 bridgehead atoms. The van der Waals surface area contributed by atoms with Crippen LogP contribution in [-0.4, -0.2) is 39.7 Å². The van der Waals surface area contributed by atoms with Gasteiger partial charge < -0.3 is 10.2 Å². The van der Waals surface area contributed by atoms with Gasteiger partial charge in [0, 0.05) is 26.2 Å². The van der Waals surface area contributed by atoms with Crippen LogP contribution in [-0.2, 0) is 11.3 Å². The van der Waals surface area contributed by atoms with E-state index in [0.29, 0.717) is 22.9 Å². The second-order valence-electron chi connectivity index (χ2n) is 4.87. The molecule has 0 aliphatic rings. The molecule has 1 heterocycles. The normalized spacial score (nSPS) is 10.3. The van der Waals surface area contributed by atoms with Crippen LogP contribution < -0.4 is 5.32 Å². The number of hydrogen-bond donors (Lipinski definition) is 1. The number of aromatic nitrogens is 2. The highest BCUT2D eigenvalue weighted by Gasteiger charge is 2.16. The Balaban J connectivity index is 2.23. The van der Waals surface area contributed by atoms with E-state index in [4.69, 9.17) is 35.4 Å². The average Bonchev–Trinajstić information content (AvgIpc) is 2.54. The van der Waals surface area contributed by atoms with Crippen molar-refractivity contribution in [3.8, 4) is 0 Å². The lowest BCUT2D eigenvalue weighted by molar-refractivity contribution is -0.121. The minimum Gasteiger partial charge on any atom is -0.365 e. The number of anilines is 1. The first-order chi connectivity index (χ1) is 10.9. The maximum absolute atomic E-state index is 12.1. The van der Waals surface area contributed by atoms with Gasteiger partial charge in [-0.15, -0.1) is 0 Å². The van der Waals surface area contributed by atoms with Crippen molar-refractivity contribution in [2.24, 2.45) is 0 Å². The van der Waals surface area contributed by atoms with Crippen molar-refractivity contribution in [1.82, 2.24) is 14.9 Å². The van der Waals surface area contributed by atoms with E-state index in [-0.39, 0.29) is 16.1 Å². The summed E-state index contributed by atoms with van der Waals surface area (Å²) >= 11 is 17.1. The summed E-state index contributed by atoms with van der Waals surface area (Å²) in [7, 11) is 3.33. The summed E-state index contributed by atoms with van der Waals surface area (Å²) in [6.45, 7) is 0.393. The van der Waals surface area contributed by atoms with E-state index in [1.165, 1.54) is 11.1 Å². The summed E-state index contributed by atoms with van der Waals surface area (Å²) in [6.07, 6.45) is 1.42. The number of amides is 1. The molecule has 0 atom stereocenters. The van der Waals surface area contributed by atoms with Crippen molar-refractivity contribution in [2.45, 2.75) is 6.54 Å². The van der Waals surface area contributed by atoms with Gasteiger partial charge in [-0.3, -0.25) is 4.79 Å². The maximum Gasteiger partial charge on any atom is 0.264 e. The van der Waals surface area contributed by atoms with Crippen LogP contribution in [0.25, 0.3) is 0 Å². The topological polar surface area (TPSA) is 58.1 Å². The molecule has 1 amide bonds. The van der Waals surface area contributed by atoms with Crippen LogP contribution in [0.4, 0.5) is 5.82 Å². The predicted octanol–water partition coefficient (Wildman–Crippen LogP) is 3.20. The second kappa shape index (κ2) is 7.68. The molecular weight excluding hydrogens is 355 g/mol. The average molecular weight is 369 g/mol. The maximum atomic E-state index is 12.1. The Labute approximate surface area is 149 Å². The zero-order valence-corrected chi connectivity index (χ0v) is 14.8. The molecule has 1 aromatic carbocycles. The summed E-state index contributed by atoms with van der Waals surface area (Å²) in [5, 5.41) is 3.54. The molecule has 5 nitrogen and oxygen atoms in total. The number of benzene rings is 1. The van der Waals surface area contributed by atoms with Crippen molar-refractivity contribution in [2.75, 3.05) is 19.4 Å². The molecule has 2 aromatic rings. The lowest BCUT2D eigenvalue weighted by Crippen LogP contribution is -2.30. The van der Waals surface area contributed by atoms with Gasteiger partial charge in [0.25, 0.3) is 5.91 Å². The fourth-order valence-corrected chi connectivity index (χ4v) is 2.54. The van der Waals surface area contributed by atoms with Crippen molar-refractivity contribution < 1.29 is 4.79 Å². The molecule has 0 fully saturated rings. The van der Waals surface area contributed by atoms with Crippen molar-refractivity contribution in [3.05, 3.63) is 51.9 Å². The monoisotopic (exact) mass is 368 g/mol. The van der Waals surface area contributed by atoms with E-state index in [1.807, 2.05) is 24.3 Å². The first-order valence-electron chi connectivity index (χ1n) is 6.66. The Morgan fingerprint density at radius 2 is 2.00 bits per heavy atom. The van der Waals surface area contributed by atoms with Crippen LogP contribution in [0.15, 0.2) is 30.5 Å². The highest BCUT2D eigenvalue weighted by Crippen LogP contribution is 2.21. The number of halogens is 2. The number of likely N-dealkylation sites (N-methyl/N-ethyl adjacent to an activating group) is 1. The van der Waals surface area contributed by atoms with Gasteiger partial charge in [0.05, 0.1) is 6.20 Å². The first-order valence-corrected chi connectivity index (χ1v) is 7.82. The minimum atomic E-state index is -0.212. The van der Waals surface area contributed by atoms with E-state index >= 15 is 0 Å². The Kier molecular flexibility index (Phi) is 5.87. The number of nitrogens with one attached hydrogen (secondary N) is 1. The van der Waals surface area contributed by atoms with Gasteiger partial charge in [-0.2, -0.15) is 4.98 Å². The van der Waals surface area contributed by atoms with E-state index in [0.717, 1.165) is 5.56 Å². The molecule has 0 aliphatic heterocycles. The molecule has 0 unspecified atom stereocenters. The van der Waals surface area contributed by atoms with Gasteiger partial charge in [-0.25, -0.2) is 4.98 Å². The Morgan fingerprint density at radius 3 is 2.70 bits per heavy atom. The van der Waals surface area contributed by atoms with E-state index in [9.17, 15) is 4.79 Å². The molecule has 0 radical (unpaired) electrons.